The molecule has 264 valence electrons. The summed E-state index contributed by atoms with van der Waals surface area (Å²) in [5.74, 6) is 0.839. The van der Waals surface area contributed by atoms with Gasteiger partial charge in [-0.2, -0.15) is 0 Å². The lowest BCUT2D eigenvalue weighted by molar-refractivity contribution is -0.136. The Labute approximate surface area is 299 Å². The number of carbonyl (C=O) groups is 3. The molecule has 2 heterocycles. The first-order valence-corrected chi connectivity index (χ1v) is 18.3. The molecule has 4 aromatic carbocycles. The lowest BCUT2D eigenvalue weighted by Crippen LogP contribution is -2.52. The molecule has 1 aliphatic carbocycles. The number of anilines is 1. The van der Waals surface area contributed by atoms with Crippen molar-refractivity contribution in [2.24, 2.45) is 0 Å². The van der Waals surface area contributed by atoms with Crippen LogP contribution in [-0.4, -0.2) is 60.0 Å². The minimum atomic E-state index is -0.611. The molecule has 3 atom stereocenters. The van der Waals surface area contributed by atoms with Crippen LogP contribution in [-0.2, 0) is 22.6 Å². The van der Waals surface area contributed by atoms with Gasteiger partial charge >= 0.3 is 0 Å². The molecule has 7 rings (SSSR count). The van der Waals surface area contributed by atoms with E-state index < -0.39 is 11.9 Å². The highest BCUT2D eigenvalue weighted by atomic mass is 16.5. The first-order chi connectivity index (χ1) is 24.9. The molecule has 9 heteroatoms. The van der Waals surface area contributed by atoms with Crippen LogP contribution in [0, 0.1) is 0 Å². The maximum Gasteiger partial charge on any atom is 0.255 e. The molecule has 4 aromatic rings. The number of aryl methyl sites for hydroxylation is 1. The van der Waals surface area contributed by atoms with Crippen LogP contribution in [0.25, 0.3) is 0 Å². The van der Waals surface area contributed by atoms with Gasteiger partial charge in [0.15, 0.2) is 0 Å². The predicted octanol–water partition coefficient (Wildman–Crippen LogP) is 6.27. The minimum Gasteiger partial charge on any atom is -0.508 e. The number of benzene rings is 4. The Bertz CT molecular complexity index is 1860. The Morgan fingerprint density at radius 3 is 2.45 bits per heavy atom. The monoisotopic (exact) mass is 686 g/mol. The van der Waals surface area contributed by atoms with E-state index in [2.05, 4.69) is 76.6 Å². The van der Waals surface area contributed by atoms with Gasteiger partial charge in [-0.1, -0.05) is 48.5 Å². The quantitative estimate of drug-likeness (QED) is 0.0913. The largest absolute Gasteiger partial charge is 0.508 e. The van der Waals surface area contributed by atoms with Gasteiger partial charge in [-0.05, 0) is 121 Å². The van der Waals surface area contributed by atoms with E-state index in [-0.39, 0.29) is 24.2 Å². The molecule has 3 aliphatic rings. The molecule has 0 aromatic heterocycles. The molecule has 0 spiro atoms. The van der Waals surface area contributed by atoms with E-state index >= 15 is 0 Å². The summed E-state index contributed by atoms with van der Waals surface area (Å²) in [6.07, 6.45) is 5.65. The second kappa shape index (κ2) is 15.8. The van der Waals surface area contributed by atoms with Gasteiger partial charge in [-0.25, -0.2) is 0 Å². The van der Waals surface area contributed by atoms with Gasteiger partial charge in [-0.3, -0.25) is 19.7 Å². The van der Waals surface area contributed by atoms with Crippen molar-refractivity contribution < 1.29 is 24.2 Å². The number of piperidine rings is 1. The third kappa shape index (κ3) is 7.94. The Hall–Kier alpha value is -5.15. The zero-order chi connectivity index (χ0) is 35.2. The van der Waals surface area contributed by atoms with Crippen molar-refractivity contribution in [3.8, 4) is 11.5 Å². The highest BCUT2D eigenvalue weighted by Crippen LogP contribution is 2.47. The molecule has 1 fully saturated rings. The van der Waals surface area contributed by atoms with Crippen molar-refractivity contribution in [3.63, 3.8) is 0 Å². The van der Waals surface area contributed by atoms with E-state index in [0.29, 0.717) is 36.8 Å². The number of aromatic hydroxyl groups is 1. The summed E-state index contributed by atoms with van der Waals surface area (Å²) in [7, 11) is 0. The lowest BCUT2D eigenvalue weighted by atomic mass is 9.69. The van der Waals surface area contributed by atoms with Crippen LogP contribution < -0.4 is 20.7 Å². The molecule has 0 bridgehead atoms. The zero-order valence-electron chi connectivity index (χ0n) is 28.9. The van der Waals surface area contributed by atoms with Crippen LogP contribution in [0.1, 0.15) is 88.5 Å². The van der Waals surface area contributed by atoms with Crippen molar-refractivity contribution in [1.82, 2.24) is 15.5 Å². The summed E-state index contributed by atoms with van der Waals surface area (Å²) < 4.78 is 5.98. The van der Waals surface area contributed by atoms with Gasteiger partial charge in [0.05, 0.1) is 6.61 Å². The van der Waals surface area contributed by atoms with Crippen LogP contribution in [0.15, 0.2) is 91.0 Å². The average Bonchev–Trinajstić information content (AvgIpc) is 3.47. The fourth-order valence-electron chi connectivity index (χ4n) is 7.87. The molecule has 51 heavy (non-hydrogen) atoms. The van der Waals surface area contributed by atoms with Crippen molar-refractivity contribution in [2.75, 3.05) is 31.6 Å². The number of ether oxygens (including phenoxy) is 1. The number of phenolic OH excluding ortho intramolecular Hbond substituents is 1. The number of rotatable bonds is 14. The first-order valence-electron chi connectivity index (χ1n) is 18.3. The van der Waals surface area contributed by atoms with E-state index in [1.165, 1.54) is 22.3 Å². The van der Waals surface area contributed by atoms with Crippen LogP contribution in [0.5, 0.6) is 11.5 Å². The molecule has 1 unspecified atom stereocenters. The van der Waals surface area contributed by atoms with E-state index in [1.807, 2.05) is 24.3 Å². The number of imide groups is 1. The van der Waals surface area contributed by atoms with Gasteiger partial charge in [0, 0.05) is 43.2 Å². The van der Waals surface area contributed by atoms with E-state index in [1.54, 1.807) is 11.0 Å². The van der Waals surface area contributed by atoms with Gasteiger partial charge < -0.3 is 25.4 Å². The van der Waals surface area contributed by atoms with Crippen molar-refractivity contribution in [1.29, 1.82) is 0 Å². The molecular formula is C42H46N4O5. The summed E-state index contributed by atoms with van der Waals surface area (Å²) in [5, 5.41) is 19.5. The number of hydrogen-bond acceptors (Lipinski definition) is 7. The highest BCUT2D eigenvalue weighted by Gasteiger charge is 2.39. The number of hydrogen-bond donors (Lipinski definition) is 4. The number of unbranched alkanes of at least 4 members (excludes halogenated alkanes) is 2. The maximum absolute atomic E-state index is 12.9. The minimum absolute atomic E-state index is 0.173. The van der Waals surface area contributed by atoms with Gasteiger partial charge in [-0.15, -0.1) is 0 Å². The summed E-state index contributed by atoms with van der Waals surface area (Å²) >= 11 is 0. The fourth-order valence-corrected chi connectivity index (χ4v) is 7.87. The van der Waals surface area contributed by atoms with E-state index in [9.17, 15) is 19.5 Å². The number of nitrogens with zero attached hydrogens (tertiary/aromatic N) is 1. The summed E-state index contributed by atoms with van der Waals surface area (Å²) in [5.41, 5.74) is 7.76. The van der Waals surface area contributed by atoms with Crippen molar-refractivity contribution in [2.45, 2.75) is 69.4 Å². The third-order valence-corrected chi connectivity index (χ3v) is 10.5. The first kappa shape index (κ1) is 34.3. The second-order valence-corrected chi connectivity index (χ2v) is 13.8. The summed E-state index contributed by atoms with van der Waals surface area (Å²) in [6, 6.07) is 30.4. The maximum atomic E-state index is 12.9. The zero-order valence-corrected chi connectivity index (χ0v) is 28.9. The predicted molar refractivity (Wildman–Crippen MR) is 197 cm³/mol. The topological polar surface area (TPSA) is 120 Å². The Balaban J connectivity index is 0.804. The highest BCUT2D eigenvalue weighted by molar-refractivity contribution is 6.05. The molecule has 0 radical (unpaired) electrons. The number of fused-ring (bicyclic) bond motifs is 2. The van der Waals surface area contributed by atoms with Crippen LogP contribution in [0.3, 0.4) is 0 Å². The average molecular weight is 687 g/mol. The normalized spacial score (nSPS) is 19.7. The summed E-state index contributed by atoms with van der Waals surface area (Å²) in [4.78, 5) is 38.2. The number of amides is 3. The molecule has 0 saturated carbocycles. The third-order valence-electron chi connectivity index (χ3n) is 10.5. The molecule has 2 aliphatic heterocycles. The summed E-state index contributed by atoms with van der Waals surface area (Å²) in [6.45, 7) is 3.60. The molecule has 1 saturated heterocycles. The van der Waals surface area contributed by atoms with Crippen LogP contribution >= 0.6 is 0 Å². The number of nitrogens with one attached hydrogen (secondary N) is 3. The Morgan fingerprint density at radius 2 is 1.63 bits per heavy atom. The second-order valence-electron chi connectivity index (χ2n) is 13.8. The standard InChI is InChI=1S/C42H46N4O5/c47-33-14-17-36-30(25-33)11-16-35(28-7-3-1-4-8-28)40(36)29-9-12-32(13-10-29)44-23-22-43-21-5-2-6-24-51-34-15-18-37-31(26-34)27-46(42(37)50)38-19-20-39(48)45-41(38)49/h1,3-4,7-10,12-15,17-18,25-26,35,38,40,43-44,47H,2,5-6,11,16,19-24,27H2,(H,45,48,49)/t35-,38?,40+/m1/s1. The number of phenols is 1. The lowest BCUT2D eigenvalue weighted by Gasteiger charge is -2.35. The van der Waals surface area contributed by atoms with Gasteiger partial charge in [0.1, 0.15) is 17.5 Å². The molecular weight excluding hydrogens is 640 g/mol. The molecule has 3 amide bonds. The van der Waals surface area contributed by atoms with E-state index in [0.717, 1.165) is 68.7 Å². The van der Waals surface area contributed by atoms with Gasteiger partial charge in [0.2, 0.25) is 11.8 Å². The van der Waals surface area contributed by atoms with Crippen LogP contribution in [0.4, 0.5) is 5.69 Å². The van der Waals surface area contributed by atoms with Crippen molar-refractivity contribution >= 4 is 23.4 Å². The smallest absolute Gasteiger partial charge is 0.255 e. The van der Waals surface area contributed by atoms with Crippen LogP contribution in [0.2, 0.25) is 0 Å². The molecule has 4 N–H and O–H groups in total. The van der Waals surface area contributed by atoms with Crippen molar-refractivity contribution in [3.05, 3.63) is 124 Å². The van der Waals surface area contributed by atoms with E-state index in [4.69, 9.17) is 4.74 Å². The number of carbonyl (C=O) groups excluding carboxylic acids is 3. The molecule has 9 nitrogen and oxygen atoms in total. The van der Waals surface area contributed by atoms with Gasteiger partial charge in [0.25, 0.3) is 5.91 Å². The Morgan fingerprint density at radius 1 is 0.784 bits per heavy atom. The fraction of sp³-hybridized carbons (Fsp3) is 0.357. The Kier molecular flexibility index (Phi) is 10.6. The SMILES string of the molecule is O=C1CCC(N2Cc3cc(OCCCCCNCCNc4ccc([C@@H]5c6ccc(O)cc6CC[C@@H]5c5ccccc5)cc4)ccc3C2=O)C(=O)N1.